The van der Waals surface area contributed by atoms with Crippen molar-refractivity contribution in [2.75, 3.05) is 0 Å². The molecule has 1 aliphatic rings. The predicted molar refractivity (Wildman–Crippen MR) is 47.6 cm³/mol. The van der Waals surface area contributed by atoms with Crippen LogP contribution >= 0.6 is 0 Å². The van der Waals surface area contributed by atoms with Crippen molar-refractivity contribution in [1.82, 2.24) is 0 Å². The molecule has 0 unspecified atom stereocenters. The second kappa shape index (κ2) is 2.63. The van der Waals surface area contributed by atoms with Crippen molar-refractivity contribution in [3.63, 3.8) is 0 Å². The van der Waals surface area contributed by atoms with Gasteiger partial charge in [-0.15, -0.1) is 0 Å². The van der Waals surface area contributed by atoms with Crippen LogP contribution in [0.5, 0.6) is 0 Å². The van der Waals surface area contributed by atoms with E-state index in [1.165, 1.54) is 11.1 Å². The number of rotatable bonds is 1. The van der Waals surface area contributed by atoms with Crippen LogP contribution in [0.4, 0.5) is 0 Å². The quantitative estimate of drug-likeness (QED) is 0.528. The molecule has 1 nitrogen and oxygen atoms in total. The Balaban J connectivity index is 2.93. The van der Waals surface area contributed by atoms with Crippen LogP contribution < -0.4 is 0 Å². The van der Waals surface area contributed by atoms with Gasteiger partial charge in [0.05, 0.1) is 11.7 Å². The van der Waals surface area contributed by atoms with Crippen LogP contribution in [0.15, 0.2) is 11.1 Å². The highest BCUT2D eigenvalue weighted by Gasteiger charge is 2.35. The minimum absolute atomic E-state index is 0.0174. The first-order valence-corrected chi connectivity index (χ1v) is 4.37. The summed E-state index contributed by atoms with van der Waals surface area (Å²) < 4.78 is 5.85. The number of hydrogen-bond acceptors (Lipinski definition) is 1. The van der Waals surface area contributed by atoms with Crippen LogP contribution in [0.1, 0.15) is 41.0 Å². The van der Waals surface area contributed by atoms with Crippen molar-refractivity contribution < 1.29 is 4.74 Å². The minimum atomic E-state index is 0.0174. The molecule has 0 aromatic rings. The second-order valence-corrected chi connectivity index (χ2v) is 3.65. The second-order valence-electron chi connectivity index (χ2n) is 3.65. The van der Waals surface area contributed by atoms with Crippen LogP contribution in [0.25, 0.3) is 0 Å². The number of hydrogen-bond donors (Lipinski definition) is 0. The van der Waals surface area contributed by atoms with Gasteiger partial charge in [0, 0.05) is 0 Å². The summed E-state index contributed by atoms with van der Waals surface area (Å²) in [5, 5.41) is 0. The van der Waals surface area contributed by atoms with Crippen LogP contribution in [-0.4, -0.2) is 11.7 Å². The molecule has 0 radical (unpaired) electrons. The Bertz CT molecular complexity index is 193. The Kier molecular flexibility index (Phi) is 2.10. The van der Waals surface area contributed by atoms with Gasteiger partial charge in [-0.1, -0.05) is 6.92 Å². The zero-order valence-electron chi connectivity index (χ0n) is 8.19. The van der Waals surface area contributed by atoms with E-state index < -0.39 is 0 Å². The van der Waals surface area contributed by atoms with E-state index in [-0.39, 0.29) is 5.60 Å². The summed E-state index contributed by atoms with van der Waals surface area (Å²) in [5.74, 6) is 0. The molecule has 0 aromatic carbocycles. The molecule has 1 aliphatic heterocycles. The van der Waals surface area contributed by atoms with Crippen LogP contribution in [0.2, 0.25) is 0 Å². The Morgan fingerprint density at radius 2 is 2.00 bits per heavy atom. The van der Waals surface area contributed by atoms with Gasteiger partial charge in [-0.25, -0.2) is 0 Å². The van der Waals surface area contributed by atoms with E-state index >= 15 is 0 Å². The topological polar surface area (TPSA) is 9.23 Å². The van der Waals surface area contributed by atoms with E-state index in [0.29, 0.717) is 6.10 Å². The highest BCUT2D eigenvalue weighted by molar-refractivity contribution is 5.27. The Morgan fingerprint density at radius 3 is 2.18 bits per heavy atom. The normalized spacial score (nSPS) is 38.5. The molecule has 0 amide bonds. The summed E-state index contributed by atoms with van der Waals surface area (Å²) in [6.07, 6.45) is 1.39. The molecule has 64 valence electrons. The van der Waals surface area contributed by atoms with Crippen molar-refractivity contribution in [3.8, 4) is 0 Å². The van der Waals surface area contributed by atoms with Crippen molar-refractivity contribution in [1.29, 1.82) is 0 Å². The van der Waals surface area contributed by atoms with E-state index in [9.17, 15) is 0 Å². The smallest absolute Gasteiger partial charge is 0.0869 e. The van der Waals surface area contributed by atoms with E-state index in [1.807, 2.05) is 0 Å². The van der Waals surface area contributed by atoms with Gasteiger partial charge >= 0.3 is 0 Å². The van der Waals surface area contributed by atoms with Crippen molar-refractivity contribution >= 4 is 0 Å². The van der Waals surface area contributed by atoms with Crippen molar-refractivity contribution in [2.45, 2.75) is 52.7 Å². The summed E-state index contributed by atoms with van der Waals surface area (Å²) in [6, 6.07) is 0. The molecule has 0 aliphatic carbocycles. The van der Waals surface area contributed by atoms with Gasteiger partial charge in [-0.05, 0) is 45.3 Å². The summed E-state index contributed by atoms with van der Waals surface area (Å²) >= 11 is 0. The molecule has 0 spiro atoms. The zero-order chi connectivity index (χ0) is 8.65. The fourth-order valence-corrected chi connectivity index (χ4v) is 1.64. The Labute approximate surface area is 69.4 Å². The van der Waals surface area contributed by atoms with Gasteiger partial charge in [0.2, 0.25) is 0 Å². The SMILES string of the molecule is CC[C@@]1(C)O[C@@H](C)C(C)=C1C. The average molecular weight is 154 g/mol. The summed E-state index contributed by atoms with van der Waals surface area (Å²) in [7, 11) is 0. The van der Waals surface area contributed by atoms with Gasteiger partial charge in [-0.3, -0.25) is 0 Å². The Morgan fingerprint density at radius 1 is 1.45 bits per heavy atom. The highest BCUT2D eigenvalue weighted by Crippen LogP contribution is 2.37. The van der Waals surface area contributed by atoms with Crippen LogP contribution in [0.3, 0.4) is 0 Å². The maximum absolute atomic E-state index is 5.85. The first-order chi connectivity index (χ1) is 5.01. The number of ether oxygens (including phenoxy) is 1. The molecule has 0 saturated carbocycles. The highest BCUT2D eigenvalue weighted by atomic mass is 16.5. The van der Waals surface area contributed by atoms with E-state index in [4.69, 9.17) is 4.74 Å². The van der Waals surface area contributed by atoms with Crippen LogP contribution in [0, 0.1) is 0 Å². The summed E-state index contributed by atoms with van der Waals surface area (Å²) in [4.78, 5) is 0. The lowest BCUT2D eigenvalue weighted by Gasteiger charge is -2.24. The monoisotopic (exact) mass is 154 g/mol. The molecule has 1 rings (SSSR count). The molecular weight excluding hydrogens is 136 g/mol. The molecule has 0 saturated heterocycles. The Hall–Kier alpha value is -0.300. The lowest BCUT2D eigenvalue weighted by molar-refractivity contribution is -0.0134. The fraction of sp³-hybridized carbons (Fsp3) is 0.800. The average Bonchev–Trinajstić information content (AvgIpc) is 2.17. The zero-order valence-corrected chi connectivity index (χ0v) is 8.19. The summed E-state index contributed by atoms with van der Waals surface area (Å²) in [6.45, 7) is 10.8. The fourth-order valence-electron chi connectivity index (χ4n) is 1.64. The first-order valence-electron chi connectivity index (χ1n) is 4.37. The van der Waals surface area contributed by atoms with Gasteiger partial charge in [0.15, 0.2) is 0 Å². The third-order valence-corrected chi connectivity index (χ3v) is 3.11. The van der Waals surface area contributed by atoms with Gasteiger partial charge in [0.25, 0.3) is 0 Å². The van der Waals surface area contributed by atoms with Gasteiger partial charge in [-0.2, -0.15) is 0 Å². The standard InChI is InChI=1S/C10H18O/c1-6-10(5)8(3)7(2)9(4)11-10/h9H,6H2,1-5H3/t9-,10+/m0/s1. The first kappa shape index (κ1) is 8.79. The van der Waals surface area contributed by atoms with E-state index in [2.05, 4.69) is 34.6 Å². The van der Waals surface area contributed by atoms with Crippen molar-refractivity contribution in [3.05, 3.63) is 11.1 Å². The molecule has 0 aromatic heterocycles. The maximum atomic E-state index is 5.85. The molecule has 0 bridgehead atoms. The molecular formula is C10H18O. The largest absolute Gasteiger partial charge is 0.364 e. The maximum Gasteiger partial charge on any atom is 0.0869 e. The summed E-state index contributed by atoms with van der Waals surface area (Å²) in [5.41, 5.74) is 2.85. The lowest BCUT2D eigenvalue weighted by Crippen LogP contribution is -2.26. The van der Waals surface area contributed by atoms with E-state index in [1.54, 1.807) is 0 Å². The van der Waals surface area contributed by atoms with Gasteiger partial charge in [0.1, 0.15) is 0 Å². The predicted octanol–water partition coefficient (Wildman–Crippen LogP) is 2.91. The molecule has 11 heavy (non-hydrogen) atoms. The van der Waals surface area contributed by atoms with Gasteiger partial charge < -0.3 is 4.74 Å². The third kappa shape index (κ3) is 1.22. The third-order valence-electron chi connectivity index (χ3n) is 3.11. The molecule has 2 atom stereocenters. The minimum Gasteiger partial charge on any atom is -0.364 e. The van der Waals surface area contributed by atoms with E-state index in [0.717, 1.165) is 6.42 Å². The molecule has 1 heterocycles. The molecule has 0 fully saturated rings. The lowest BCUT2D eigenvalue weighted by atomic mass is 9.93. The van der Waals surface area contributed by atoms with Crippen molar-refractivity contribution in [2.24, 2.45) is 0 Å². The molecule has 0 N–H and O–H groups in total. The van der Waals surface area contributed by atoms with Crippen LogP contribution in [-0.2, 0) is 4.74 Å². The molecule has 1 heteroatoms.